The van der Waals surface area contributed by atoms with Crippen LogP contribution in [0.4, 0.5) is 0 Å². The van der Waals surface area contributed by atoms with E-state index in [0.29, 0.717) is 24.0 Å². The zero-order valence-corrected chi connectivity index (χ0v) is 10.4. The number of hydrogen-bond acceptors (Lipinski definition) is 3. The summed E-state index contributed by atoms with van der Waals surface area (Å²) in [5.41, 5.74) is 7.49. The van der Waals surface area contributed by atoms with E-state index < -0.39 is 10.8 Å². The normalized spacial score (nSPS) is 15.2. The molecule has 0 bridgehead atoms. The molecular weight excluding hydrogens is 210 g/mol. The maximum Gasteiger partial charge on any atom is 0.0655 e. The molecule has 1 heterocycles. The monoisotopic (exact) mass is 229 g/mol. The van der Waals surface area contributed by atoms with Crippen molar-refractivity contribution in [1.29, 1.82) is 0 Å². The predicted molar refractivity (Wildman–Crippen MR) is 62.9 cm³/mol. The molecule has 0 aliphatic carbocycles. The van der Waals surface area contributed by atoms with Gasteiger partial charge in [0.1, 0.15) is 0 Å². The number of nitrogens with zero attached hydrogens (tertiary/aromatic N) is 2. The van der Waals surface area contributed by atoms with Gasteiger partial charge in [-0.25, -0.2) is 0 Å². The minimum absolute atomic E-state index is 0.320. The molecule has 2 atom stereocenters. The van der Waals surface area contributed by atoms with Crippen molar-refractivity contribution >= 4 is 10.8 Å². The Kier molecular flexibility index (Phi) is 4.47. The fourth-order valence-electron chi connectivity index (χ4n) is 1.41. The Bertz CT molecular complexity index is 348. The van der Waals surface area contributed by atoms with Gasteiger partial charge >= 0.3 is 0 Å². The van der Waals surface area contributed by atoms with E-state index in [1.165, 1.54) is 0 Å². The van der Waals surface area contributed by atoms with Gasteiger partial charge in [0.15, 0.2) is 0 Å². The van der Waals surface area contributed by atoms with Crippen LogP contribution in [-0.2, 0) is 23.6 Å². The minimum atomic E-state index is -0.839. The molecule has 15 heavy (non-hydrogen) atoms. The van der Waals surface area contributed by atoms with Gasteiger partial charge in [-0.2, -0.15) is 5.10 Å². The van der Waals surface area contributed by atoms with Crippen molar-refractivity contribution in [2.45, 2.75) is 19.6 Å². The Hall–Kier alpha value is -0.680. The van der Waals surface area contributed by atoms with Gasteiger partial charge in [-0.3, -0.25) is 8.89 Å². The molecule has 86 valence electrons. The van der Waals surface area contributed by atoms with E-state index in [0.717, 1.165) is 11.4 Å². The number of hydrogen-bond donors (Lipinski definition) is 1. The van der Waals surface area contributed by atoms with Crippen molar-refractivity contribution in [2.24, 2.45) is 18.7 Å². The SMILES string of the molecule is Cc1cc(CS(=O)CC(C)CN)n(C)n1. The molecule has 4 nitrogen and oxygen atoms in total. The number of aromatic nitrogens is 2. The quantitative estimate of drug-likeness (QED) is 0.803. The highest BCUT2D eigenvalue weighted by atomic mass is 32.2. The molecule has 5 heteroatoms. The number of aryl methyl sites for hydroxylation is 2. The van der Waals surface area contributed by atoms with Gasteiger partial charge in [0.05, 0.1) is 17.1 Å². The first-order valence-corrected chi connectivity index (χ1v) is 6.56. The second-order valence-corrected chi connectivity index (χ2v) is 5.49. The van der Waals surface area contributed by atoms with Crippen molar-refractivity contribution in [3.05, 3.63) is 17.5 Å². The van der Waals surface area contributed by atoms with Crippen molar-refractivity contribution in [3.8, 4) is 0 Å². The summed E-state index contributed by atoms with van der Waals surface area (Å²) in [6.07, 6.45) is 0. The van der Waals surface area contributed by atoms with Gasteiger partial charge in [-0.15, -0.1) is 0 Å². The first kappa shape index (κ1) is 12.4. The molecule has 0 fully saturated rings. The summed E-state index contributed by atoms with van der Waals surface area (Å²) in [6, 6.07) is 1.98. The second kappa shape index (κ2) is 5.42. The molecule has 2 N–H and O–H groups in total. The van der Waals surface area contributed by atoms with E-state index in [4.69, 9.17) is 5.73 Å². The van der Waals surface area contributed by atoms with E-state index in [1.807, 2.05) is 27.0 Å². The third-order valence-corrected chi connectivity index (χ3v) is 3.84. The first-order valence-electron chi connectivity index (χ1n) is 5.07. The van der Waals surface area contributed by atoms with Crippen LogP contribution >= 0.6 is 0 Å². The molecule has 0 saturated carbocycles. The molecule has 0 aliphatic heterocycles. The van der Waals surface area contributed by atoms with Crippen LogP contribution < -0.4 is 5.73 Å². The van der Waals surface area contributed by atoms with Gasteiger partial charge in [0.25, 0.3) is 0 Å². The number of nitrogens with two attached hydrogens (primary N) is 1. The minimum Gasteiger partial charge on any atom is -0.330 e. The van der Waals surface area contributed by atoms with Gasteiger partial charge in [-0.1, -0.05) is 6.92 Å². The summed E-state index contributed by atoms with van der Waals surface area (Å²) in [5.74, 6) is 1.56. The first-order chi connectivity index (χ1) is 7.02. The molecule has 1 aromatic heterocycles. The zero-order chi connectivity index (χ0) is 11.4. The molecular formula is C10H19N3OS. The largest absolute Gasteiger partial charge is 0.330 e. The van der Waals surface area contributed by atoms with Crippen LogP contribution in [0.2, 0.25) is 0 Å². The summed E-state index contributed by atoms with van der Waals surface area (Å²) in [6.45, 7) is 4.55. The summed E-state index contributed by atoms with van der Waals surface area (Å²) in [5, 5.41) is 4.22. The lowest BCUT2D eigenvalue weighted by Crippen LogP contribution is -2.18. The van der Waals surface area contributed by atoms with E-state index in [-0.39, 0.29) is 0 Å². The molecule has 0 amide bonds. The Labute approximate surface area is 93.3 Å². The highest BCUT2D eigenvalue weighted by Gasteiger charge is 2.10. The zero-order valence-electron chi connectivity index (χ0n) is 9.56. The van der Waals surface area contributed by atoms with Gasteiger partial charge in [-0.05, 0) is 25.5 Å². The van der Waals surface area contributed by atoms with Crippen LogP contribution in [0.5, 0.6) is 0 Å². The fourth-order valence-corrected chi connectivity index (χ4v) is 2.90. The highest BCUT2D eigenvalue weighted by molar-refractivity contribution is 7.84. The molecule has 0 radical (unpaired) electrons. The topological polar surface area (TPSA) is 60.9 Å². The summed E-state index contributed by atoms with van der Waals surface area (Å²) in [4.78, 5) is 0. The smallest absolute Gasteiger partial charge is 0.0655 e. The van der Waals surface area contributed by atoms with E-state index >= 15 is 0 Å². The van der Waals surface area contributed by atoms with Gasteiger partial charge in [0, 0.05) is 23.6 Å². The molecule has 0 aliphatic rings. The summed E-state index contributed by atoms with van der Waals surface area (Å²) in [7, 11) is 1.04. The molecule has 0 aromatic carbocycles. The van der Waals surface area contributed by atoms with Crippen molar-refractivity contribution in [1.82, 2.24) is 9.78 Å². The van der Waals surface area contributed by atoms with Crippen molar-refractivity contribution < 1.29 is 4.21 Å². The average Bonchev–Trinajstić information content (AvgIpc) is 2.44. The van der Waals surface area contributed by atoms with Crippen LogP contribution in [0.3, 0.4) is 0 Å². The standard InChI is InChI=1S/C10H19N3OS/c1-8(5-11)6-15(14)7-10-4-9(2)12-13(10)3/h4,8H,5-7,11H2,1-3H3. The lowest BCUT2D eigenvalue weighted by molar-refractivity contribution is 0.637. The van der Waals surface area contributed by atoms with Crippen LogP contribution in [0.15, 0.2) is 6.07 Å². The Morgan fingerprint density at radius 3 is 2.80 bits per heavy atom. The van der Waals surface area contributed by atoms with Gasteiger partial charge < -0.3 is 5.73 Å². The predicted octanol–water partition coefficient (Wildman–Crippen LogP) is 0.572. The van der Waals surface area contributed by atoms with Crippen LogP contribution in [0.1, 0.15) is 18.3 Å². The third kappa shape index (κ3) is 3.76. The Morgan fingerprint density at radius 1 is 1.67 bits per heavy atom. The average molecular weight is 229 g/mol. The van der Waals surface area contributed by atoms with E-state index in [1.54, 1.807) is 4.68 Å². The molecule has 0 spiro atoms. The van der Waals surface area contributed by atoms with E-state index in [2.05, 4.69) is 5.10 Å². The highest BCUT2D eigenvalue weighted by Crippen LogP contribution is 2.07. The fraction of sp³-hybridized carbons (Fsp3) is 0.700. The lowest BCUT2D eigenvalue weighted by Gasteiger charge is -2.07. The van der Waals surface area contributed by atoms with Crippen molar-refractivity contribution in [3.63, 3.8) is 0 Å². The molecule has 0 saturated heterocycles. The van der Waals surface area contributed by atoms with Crippen LogP contribution in [0.25, 0.3) is 0 Å². The molecule has 1 rings (SSSR count). The third-order valence-electron chi connectivity index (χ3n) is 2.28. The van der Waals surface area contributed by atoms with Crippen LogP contribution in [0, 0.1) is 12.8 Å². The van der Waals surface area contributed by atoms with E-state index in [9.17, 15) is 4.21 Å². The molecule has 1 aromatic rings. The maximum absolute atomic E-state index is 11.8. The number of rotatable bonds is 5. The summed E-state index contributed by atoms with van der Waals surface area (Å²) >= 11 is 0. The summed E-state index contributed by atoms with van der Waals surface area (Å²) < 4.78 is 13.5. The lowest BCUT2D eigenvalue weighted by atomic mass is 10.2. The van der Waals surface area contributed by atoms with Crippen molar-refractivity contribution in [2.75, 3.05) is 12.3 Å². The Balaban J connectivity index is 2.55. The Morgan fingerprint density at radius 2 is 2.33 bits per heavy atom. The van der Waals surface area contributed by atoms with Crippen LogP contribution in [-0.4, -0.2) is 26.3 Å². The maximum atomic E-state index is 11.8. The van der Waals surface area contributed by atoms with Gasteiger partial charge in [0.2, 0.25) is 0 Å². The second-order valence-electron chi connectivity index (χ2n) is 3.99. The molecule has 2 unspecified atom stereocenters.